The molecule has 1 heterocycles. The van der Waals surface area contributed by atoms with Crippen LogP contribution in [0, 0.1) is 10.1 Å². The molecule has 1 amide bonds. The lowest BCUT2D eigenvalue weighted by atomic mass is 10.2. The zero-order chi connectivity index (χ0) is 14.0. The summed E-state index contributed by atoms with van der Waals surface area (Å²) < 4.78 is 1.32. The third-order valence-corrected chi connectivity index (χ3v) is 2.81. The van der Waals surface area contributed by atoms with Gasteiger partial charge in [-0.05, 0) is 6.07 Å². The summed E-state index contributed by atoms with van der Waals surface area (Å²) in [5.41, 5.74) is 0.440. The van der Waals surface area contributed by atoms with E-state index in [0.717, 1.165) is 0 Å². The quantitative estimate of drug-likeness (QED) is 0.614. The number of nitro groups is 1. The monoisotopic (exact) mass is 264 g/mol. The van der Waals surface area contributed by atoms with Crippen LogP contribution in [0.4, 0.5) is 5.69 Å². The third-order valence-electron chi connectivity index (χ3n) is 2.81. The zero-order valence-corrected chi connectivity index (χ0v) is 10.2. The van der Waals surface area contributed by atoms with Gasteiger partial charge in [0, 0.05) is 32.1 Å². The van der Waals surface area contributed by atoms with E-state index in [4.69, 9.17) is 0 Å². The second-order valence-electron chi connectivity index (χ2n) is 3.96. The number of aromatic amines is 1. The summed E-state index contributed by atoms with van der Waals surface area (Å²) in [6.45, 7) is 0.166. The van der Waals surface area contributed by atoms with E-state index >= 15 is 0 Å². The number of fused-ring (bicyclic) bond motifs is 1. The fraction of sp³-hybridized carbons (Fsp3) is 0.273. The number of benzene rings is 1. The molecule has 0 aliphatic carbocycles. The number of non-ortho nitro benzene ring substituents is 1. The van der Waals surface area contributed by atoms with Crippen molar-refractivity contribution in [1.29, 1.82) is 0 Å². The van der Waals surface area contributed by atoms with E-state index in [1.807, 2.05) is 0 Å². The molecule has 0 aliphatic heterocycles. The average Bonchev–Trinajstić information content (AvgIpc) is 2.70. The van der Waals surface area contributed by atoms with Gasteiger partial charge in [0.1, 0.15) is 0 Å². The second-order valence-corrected chi connectivity index (χ2v) is 3.96. The summed E-state index contributed by atoms with van der Waals surface area (Å²) in [7, 11) is 1.51. The van der Waals surface area contributed by atoms with Crippen molar-refractivity contribution in [3.63, 3.8) is 0 Å². The van der Waals surface area contributed by atoms with Gasteiger partial charge in [-0.3, -0.25) is 19.5 Å². The molecule has 0 aliphatic rings. The number of H-pyrrole nitrogens is 1. The summed E-state index contributed by atoms with van der Waals surface area (Å²) >= 11 is 0. The van der Waals surface area contributed by atoms with Crippen LogP contribution in [0.25, 0.3) is 11.0 Å². The van der Waals surface area contributed by atoms with Gasteiger partial charge in [-0.1, -0.05) is 0 Å². The lowest BCUT2D eigenvalue weighted by molar-refractivity contribution is -0.384. The summed E-state index contributed by atoms with van der Waals surface area (Å²) in [6.07, 6.45) is 0.131. The molecule has 0 saturated heterocycles. The Morgan fingerprint density at radius 2 is 2.26 bits per heavy atom. The number of nitro benzene ring substituents is 1. The number of hydrogen-bond acceptors (Lipinski definition) is 4. The minimum absolute atomic E-state index is 0.0970. The van der Waals surface area contributed by atoms with Crippen molar-refractivity contribution in [2.24, 2.45) is 0 Å². The Labute approximate surface area is 107 Å². The number of nitrogens with zero attached hydrogens (tertiary/aromatic N) is 2. The van der Waals surface area contributed by atoms with E-state index in [0.29, 0.717) is 11.0 Å². The largest absolute Gasteiger partial charge is 0.359 e. The van der Waals surface area contributed by atoms with Crippen LogP contribution in [-0.4, -0.2) is 27.4 Å². The number of carbonyl (C=O) groups is 1. The van der Waals surface area contributed by atoms with Crippen molar-refractivity contribution >= 4 is 22.6 Å². The van der Waals surface area contributed by atoms with Gasteiger partial charge in [0.2, 0.25) is 5.91 Å². The van der Waals surface area contributed by atoms with Gasteiger partial charge in [0.25, 0.3) is 5.69 Å². The van der Waals surface area contributed by atoms with E-state index in [9.17, 15) is 19.7 Å². The van der Waals surface area contributed by atoms with Crippen molar-refractivity contribution in [3.05, 3.63) is 38.8 Å². The van der Waals surface area contributed by atoms with Crippen LogP contribution in [0.1, 0.15) is 6.42 Å². The predicted octanol–water partition coefficient (Wildman–Crippen LogP) is 0.374. The number of imidazole rings is 1. The number of aromatic nitrogens is 2. The summed E-state index contributed by atoms with van der Waals surface area (Å²) in [6, 6.07) is 4.11. The van der Waals surface area contributed by atoms with Gasteiger partial charge in [0.15, 0.2) is 0 Å². The Hall–Kier alpha value is -2.64. The van der Waals surface area contributed by atoms with E-state index in [2.05, 4.69) is 10.3 Å². The van der Waals surface area contributed by atoms with Crippen LogP contribution in [-0.2, 0) is 11.3 Å². The topological polar surface area (TPSA) is 110 Å². The molecular formula is C11H12N4O4. The smallest absolute Gasteiger partial charge is 0.326 e. The Balaban J connectivity index is 2.44. The highest BCUT2D eigenvalue weighted by Gasteiger charge is 2.12. The van der Waals surface area contributed by atoms with Crippen molar-refractivity contribution in [2.75, 3.05) is 7.05 Å². The minimum Gasteiger partial charge on any atom is -0.359 e. The number of amides is 1. The first kappa shape index (κ1) is 12.8. The maximum absolute atomic E-state index is 11.7. The maximum atomic E-state index is 11.7. The number of carbonyl (C=O) groups excluding carboxylic acids is 1. The SMILES string of the molecule is CNC(=O)CCn1c(=O)[nH]c2ccc([N+](=O)[O-])cc21. The molecule has 0 unspecified atom stereocenters. The zero-order valence-electron chi connectivity index (χ0n) is 10.2. The van der Waals surface area contributed by atoms with Crippen molar-refractivity contribution in [1.82, 2.24) is 14.9 Å². The van der Waals surface area contributed by atoms with Crippen molar-refractivity contribution in [2.45, 2.75) is 13.0 Å². The molecule has 19 heavy (non-hydrogen) atoms. The van der Waals surface area contributed by atoms with Crippen molar-refractivity contribution in [3.8, 4) is 0 Å². The van der Waals surface area contributed by atoms with E-state index < -0.39 is 4.92 Å². The van der Waals surface area contributed by atoms with E-state index in [1.54, 1.807) is 0 Å². The average molecular weight is 264 g/mol. The molecule has 8 heteroatoms. The summed E-state index contributed by atoms with van der Waals surface area (Å²) in [5.74, 6) is -0.202. The van der Waals surface area contributed by atoms with Crippen LogP contribution in [0.15, 0.2) is 23.0 Å². The lowest BCUT2D eigenvalue weighted by Gasteiger charge is -2.02. The molecule has 0 bridgehead atoms. The molecule has 100 valence electrons. The molecule has 1 aromatic heterocycles. The molecular weight excluding hydrogens is 252 g/mol. The third kappa shape index (κ3) is 2.46. The molecule has 0 fully saturated rings. The van der Waals surface area contributed by atoms with E-state index in [1.165, 1.54) is 29.8 Å². The van der Waals surface area contributed by atoms with Crippen LogP contribution in [0.3, 0.4) is 0 Å². The molecule has 2 aromatic rings. The van der Waals surface area contributed by atoms with Crippen LogP contribution in [0.5, 0.6) is 0 Å². The van der Waals surface area contributed by atoms with Gasteiger partial charge in [-0.25, -0.2) is 4.79 Å². The molecule has 0 radical (unpaired) electrons. The van der Waals surface area contributed by atoms with Gasteiger partial charge in [-0.15, -0.1) is 0 Å². The minimum atomic E-state index is -0.528. The van der Waals surface area contributed by atoms with Crippen molar-refractivity contribution < 1.29 is 9.72 Å². The fourth-order valence-corrected chi connectivity index (χ4v) is 1.82. The highest BCUT2D eigenvalue weighted by molar-refractivity contribution is 5.79. The maximum Gasteiger partial charge on any atom is 0.326 e. The van der Waals surface area contributed by atoms with Gasteiger partial charge < -0.3 is 10.3 Å². The van der Waals surface area contributed by atoms with Gasteiger partial charge >= 0.3 is 5.69 Å². The van der Waals surface area contributed by atoms with Crippen LogP contribution < -0.4 is 11.0 Å². The summed E-state index contributed by atoms with van der Waals surface area (Å²) in [5, 5.41) is 13.2. The van der Waals surface area contributed by atoms with E-state index in [-0.39, 0.29) is 30.2 Å². The second kappa shape index (κ2) is 4.92. The Bertz CT molecular complexity index is 700. The molecule has 2 rings (SSSR count). The highest BCUT2D eigenvalue weighted by Crippen LogP contribution is 2.18. The Kier molecular flexibility index (Phi) is 3.32. The normalized spacial score (nSPS) is 10.6. The number of hydrogen-bond donors (Lipinski definition) is 2. The number of nitrogens with one attached hydrogen (secondary N) is 2. The molecule has 0 saturated carbocycles. The molecule has 1 aromatic carbocycles. The predicted molar refractivity (Wildman–Crippen MR) is 67.9 cm³/mol. The molecule has 8 nitrogen and oxygen atoms in total. The first-order valence-corrected chi connectivity index (χ1v) is 5.60. The Morgan fingerprint density at radius 3 is 2.89 bits per heavy atom. The Morgan fingerprint density at radius 1 is 1.53 bits per heavy atom. The first-order valence-electron chi connectivity index (χ1n) is 5.60. The number of rotatable bonds is 4. The standard InChI is InChI=1S/C11H12N4O4/c1-12-10(16)4-5-14-9-6-7(15(18)19)2-3-8(9)13-11(14)17/h2-3,6H,4-5H2,1H3,(H,12,16)(H,13,17). The number of aryl methyl sites for hydroxylation is 1. The van der Waals surface area contributed by atoms with Gasteiger partial charge in [-0.2, -0.15) is 0 Å². The fourth-order valence-electron chi connectivity index (χ4n) is 1.82. The highest BCUT2D eigenvalue weighted by atomic mass is 16.6. The van der Waals surface area contributed by atoms with Crippen LogP contribution >= 0.6 is 0 Å². The molecule has 0 atom stereocenters. The summed E-state index contributed by atoms with van der Waals surface area (Å²) in [4.78, 5) is 35.7. The first-order chi connectivity index (χ1) is 9.02. The van der Waals surface area contributed by atoms with Crippen LogP contribution in [0.2, 0.25) is 0 Å². The lowest BCUT2D eigenvalue weighted by Crippen LogP contribution is -2.23. The molecule has 2 N–H and O–H groups in total. The molecule has 0 spiro atoms. The van der Waals surface area contributed by atoms with Gasteiger partial charge in [0.05, 0.1) is 16.0 Å².